The topological polar surface area (TPSA) is 39.0 Å². The number of anilines is 1. The average Bonchev–Trinajstić information content (AvgIpc) is 2.75. The largest absolute Gasteiger partial charge is 0.383 e. The van der Waals surface area contributed by atoms with Gasteiger partial charge < -0.3 is 5.32 Å². The predicted octanol–water partition coefficient (Wildman–Crippen LogP) is 2.31. The Labute approximate surface area is 111 Å². The number of imidazole rings is 1. The van der Waals surface area contributed by atoms with Crippen molar-refractivity contribution in [1.29, 1.82) is 0 Å². The number of nitrogens with zero attached hydrogens (tertiary/aromatic N) is 2. The first-order valence-corrected chi connectivity index (χ1v) is 6.45. The van der Waals surface area contributed by atoms with Crippen LogP contribution in [0.1, 0.15) is 13.3 Å². The predicted molar refractivity (Wildman–Crippen MR) is 73.9 cm³/mol. The lowest BCUT2D eigenvalue weighted by Gasteiger charge is -2.06. The van der Waals surface area contributed by atoms with Crippen LogP contribution in [0.15, 0.2) is 41.5 Å². The smallest absolute Gasteiger partial charge is 0.328 e. The third kappa shape index (κ3) is 3.47. The first kappa shape index (κ1) is 13.4. The van der Waals surface area contributed by atoms with E-state index in [1.807, 2.05) is 13.1 Å². The molecule has 19 heavy (non-hydrogen) atoms. The Balaban J connectivity index is 1.89. The third-order valence-electron chi connectivity index (χ3n) is 2.91. The highest BCUT2D eigenvalue weighted by Gasteiger charge is 2.01. The van der Waals surface area contributed by atoms with E-state index in [1.54, 1.807) is 27.5 Å². The fraction of sp³-hybridized carbons (Fsp3) is 0.357. The van der Waals surface area contributed by atoms with E-state index in [1.165, 1.54) is 12.1 Å². The van der Waals surface area contributed by atoms with Crippen molar-refractivity contribution >= 4 is 5.69 Å². The van der Waals surface area contributed by atoms with Crippen LogP contribution in [0.25, 0.3) is 0 Å². The molecule has 0 aliphatic rings. The van der Waals surface area contributed by atoms with Gasteiger partial charge in [-0.15, -0.1) is 0 Å². The van der Waals surface area contributed by atoms with Crippen LogP contribution in [0.2, 0.25) is 0 Å². The zero-order chi connectivity index (χ0) is 13.7. The van der Waals surface area contributed by atoms with Crippen LogP contribution in [-0.2, 0) is 13.1 Å². The van der Waals surface area contributed by atoms with E-state index >= 15 is 0 Å². The van der Waals surface area contributed by atoms with Gasteiger partial charge in [0.25, 0.3) is 0 Å². The molecule has 0 fully saturated rings. The molecule has 0 aliphatic heterocycles. The average molecular weight is 263 g/mol. The molecule has 0 saturated heterocycles. The SMILES string of the molecule is CCCn1ccn(CCNc2ccc(F)cc2)c1=O. The van der Waals surface area contributed by atoms with Crippen LogP contribution < -0.4 is 11.0 Å². The Morgan fingerprint density at radius 2 is 1.74 bits per heavy atom. The molecule has 2 rings (SSSR count). The molecular formula is C14H18FN3O. The summed E-state index contributed by atoms with van der Waals surface area (Å²) in [5.41, 5.74) is 0.866. The normalized spacial score (nSPS) is 10.6. The number of benzene rings is 1. The number of aromatic nitrogens is 2. The number of halogens is 1. The minimum absolute atomic E-state index is 0.0164. The molecule has 0 aliphatic carbocycles. The molecule has 0 saturated carbocycles. The molecule has 0 unspecified atom stereocenters. The van der Waals surface area contributed by atoms with E-state index in [0.29, 0.717) is 13.1 Å². The van der Waals surface area contributed by atoms with Crippen molar-refractivity contribution in [1.82, 2.24) is 9.13 Å². The molecule has 1 aromatic carbocycles. The van der Waals surface area contributed by atoms with Crippen molar-refractivity contribution in [2.75, 3.05) is 11.9 Å². The maximum absolute atomic E-state index is 12.7. The summed E-state index contributed by atoms with van der Waals surface area (Å²) >= 11 is 0. The van der Waals surface area contributed by atoms with Gasteiger partial charge in [-0.3, -0.25) is 9.13 Å². The second kappa shape index (κ2) is 6.22. The van der Waals surface area contributed by atoms with Crippen LogP contribution in [0.4, 0.5) is 10.1 Å². The zero-order valence-electron chi connectivity index (χ0n) is 11.0. The van der Waals surface area contributed by atoms with E-state index in [2.05, 4.69) is 5.32 Å². The molecule has 0 radical (unpaired) electrons. The molecule has 102 valence electrons. The molecule has 2 aromatic rings. The number of aryl methyl sites for hydroxylation is 1. The fourth-order valence-corrected chi connectivity index (χ4v) is 1.92. The summed E-state index contributed by atoms with van der Waals surface area (Å²) in [4.78, 5) is 11.9. The second-order valence-corrected chi connectivity index (χ2v) is 4.40. The monoisotopic (exact) mass is 263 g/mol. The minimum atomic E-state index is -0.251. The summed E-state index contributed by atoms with van der Waals surface area (Å²) in [6.45, 7) is 4.01. The lowest BCUT2D eigenvalue weighted by atomic mass is 10.3. The minimum Gasteiger partial charge on any atom is -0.383 e. The van der Waals surface area contributed by atoms with Gasteiger partial charge in [-0.1, -0.05) is 6.92 Å². The van der Waals surface area contributed by atoms with Crippen LogP contribution in [0.3, 0.4) is 0 Å². The highest BCUT2D eigenvalue weighted by Crippen LogP contribution is 2.07. The molecule has 0 amide bonds. The molecule has 4 nitrogen and oxygen atoms in total. The second-order valence-electron chi connectivity index (χ2n) is 4.40. The molecular weight excluding hydrogens is 245 g/mol. The van der Waals surface area contributed by atoms with Gasteiger partial charge in [-0.25, -0.2) is 9.18 Å². The Hall–Kier alpha value is -2.04. The van der Waals surface area contributed by atoms with E-state index in [0.717, 1.165) is 18.7 Å². The molecule has 0 bridgehead atoms. The molecule has 0 spiro atoms. The maximum Gasteiger partial charge on any atom is 0.328 e. The standard InChI is InChI=1S/C14H18FN3O/c1-2-8-17-10-11-18(14(17)19)9-7-16-13-5-3-12(15)4-6-13/h3-6,10-11,16H,2,7-9H2,1H3. The summed E-state index contributed by atoms with van der Waals surface area (Å²) in [6, 6.07) is 6.18. The van der Waals surface area contributed by atoms with Gasteiger partial charge in [0.05, 0.1) is 0 Å². The fourth-order valence-electron chi connectivity index (χ4n) is 1.92. The van der Waals surface area contributed by atoms with Gasteiger partial charge in [0.1, 0.15) is 5.82 Å². The number of hydrogen-bond donors (Lipinski definition) is 1. The Morgan fingerprint density at radius 3 is 2.37 bits per heavy atom. The third-order valence-corrected chi connectivity index (χ3v) is 2.91. The maximum atomic E-state index is 12.7. The molecule has 1 aromatic heterocycles. The van der Waals surface area contributed by atoms with Crippen molar-refractivity contribution < 1.29 is 4.39 Å². The first-order chi connectivity index (χ1) is 9.20. The van der Waals surface area contributed by atoms with Gasteiger partial charge in [0.15, 0.2) is 0 Å². The lowest BCUT2D eigenvalue weighted by Crippen LogP contribution is -2.26. The van der Waals surface area contributed by atoms with Crippen molar-refractivity contribution in [3.05, 3.63) is 53.0 Å². The summed E-state index contributed by atoms with van der Waals surface area (Å²) < 4.78 is 16.1. The van der Waals surface area contributed by atoms with Crippen molar-refractivity contribution in [2.24, 2.45) is 0 Å². The van der Waals surface area contributed by atoms with Gasteiger partial charge in [-0.05, 0) is 30.7 Å². The Bertz CT molecular complexity index is 571. The number of nitrogens with one attached hydrogen (secondary N) is 1. The van der Waals surface area contributed by atoms with Gasteiger partial charge in [0, 0.05) is 37.7 Å². The molecule has 1 heterocycles. The van der Waals surface area contributed by atoms with E-state index in [9.17, 15) is 9.18 Å². The van der Waals surface area contributed by atoms with Gasteiger partial charge in [-0.2, -0.15) is 0 Å². The van der Waals surface area contributed by atoms with Crippen molar-refractivity contribution in [3.63, 3.8) is 0 Å². The van der Waals surface area contributed by atoms with Crippen LogP contribution in [0.5, 0.6) is 0 Å². The van der Waals surface area contributed by atoms with Crippen molar-refractivity contribution in [2.45, 2.75) is 26.4 Å². The Kier molecular flexibility index (Phi) is 4.39. The van der Waals surface area contributed by atoms with Gasteiger partial charge >= 0.3 is 5.69 Å². The summed E-state index contributed by atoms with van der Waals surface area (Å²) in [5.74, 6) is -0.251. The lowest BCUT2D eigenvalue weighted by molar-refractivity contribution is 0.610. The summed E-state index contributed by atoms with van der Waals surface area (Å²) in [7, 11) is 0. The number of rotatable bonds is 6. The van der Waals surface area contributed by atoms with E-state index < -0.39 is 0 Å². The molecule has 5 heteroatoms. The zero-order valence-corrected chi connectivity index (χ0v) is 11.0. The van der Waals surface area contributed by atoms with E-state index in [4.69, 9.17) is 0 Å². The highest BCUT2D eigenvalue weighted by molar-refractivity contribution is 5.42. The summed E-state index contributed by atoms with van der Waals surface area (Å²) in [5, 5.41) is 3.15. The molecule has 1 N–H and O–H groups in total. The highest BCUT2D eigenvalue weighted by atomic mass is 19.1. The number of hydrogen-bond acceptors (Lipinski definition) is 2. The van der Waals surface area contributed by atoms with Crippen molar-refractivity contribution in [3.8, 4) is 0 Å². The van der Waals surface area contributed by atoms with Crippen LogP contribution in [-0.4, -0.2) is 15.7 Å². The Morgan fingerprint density at radius 1 is 1.11 bits per heavy atom. The first-order valence-electron chi connectivity index (χ1n) is 6.45. The van der Waals surface area contributed by atoms with E-state index in [-0.39, 0.29) is 11.5 Å². The van der Waals surface area contributed by atoms with Gasteiger partial charge in [0.2, 0.25) is 0 Å². The summed E-state index contributed by atoms with van der Waals surface area (Å²) in [6.07, 6.45) is 4.55. The quantitative estimate of drug-likeness (QED) is 0.868. The van der Waals surface area contributed by atoms with Crippen LogP contribution >= 0.6 is 0 Å². The molecule has 0 atom stereocenters. The van der Waals surface area contributed by atoms with Crippen LogP contribution in [0, 0.1) is 5.82 Å².